The van der Waals surface area contributed by atoms with E-state index in [4.69, 9.17) is 35.6 Å². The van der Waals surface area contributed by atoms with E-state index in [1.165, 1.54) is 26.4 Å². The summed E-state index contributed by atoms with van der Waals surface area (Å²) in [6.45, 7) is 2.11. The normalized spacial score (nSPS) is 17.4. The molecule has 4 rings (SSSR count). The van der Waals surface area contributed by atoms with Crippen LogP contribution in [-0.4, -0.2) is 49.3 Å². The largest absolute Gasteiger partial charge is 0.497 e. The van der Waals surface area contributed by atoms with Gasteiger partial charge in [0.2, 0.25) is 5.79 Å². The molecule has 3 aromatic rings. The number of allylic oxidation sites excluding steroid dienone is 3. The van der Waals surface area contributed by atoms with E-state index in [1.807, 2.05) is 47.2 Å². The lowest BCUT2D eigenvalue weighted by Gasteiger charge is -2.30. The van der Waals surface area contributed by atoms with E-state index >= 15 is 0 Å². The van der Waals surface area contributed by atoms with Crippen molar-refractivity contribution in [1.82, 2.24) is 9.78 Å². The van der Waals surface area contributed by atoms with E-state index in [0.29, 0.717) is 17.7 Å². The van der Waals surface area contributed by atoms with Crippen LogP contribution in [0.4, 0.5) is 0 Å². The van der Waals surface area contributed by atoms with Crippen LogP contribution in [0.1, 0.15) is 40.7 Å². The molecule has 194 valence electrons. The maximum Gasteiger partial charge on any atom is 0.337 e. The number of carbonyl (C=O) groups is 1. The SMILES string of the molecule is COC1=CCC(C)(c2cc(C(OC)(OC)c3ccc(Cl)c(C(=O)O)c3)nn2-c2ccc(OC)cc2)C=C1. The number of ether oxygens (including phenoxy) is 4. The molecule has 0 radical (unpaired) electrons. The molecule has 9 heteroatoms. The smallest absolute Gasteiger partial charge is 0.337 e. The second-order valence-corrected chi connectivity index (χ2v) is 9.22. The molecule has 0 aliphatic heterocycles. The Morgan fingerprint density at radius 3 is 2.30 bits per heavy atom. The fourth-order valence-corrected chi connectivity index (χ4v) is 4.69. The minimum atomic E-state index is -1.50. The molecular formula is C28H29ClN2O6. The van der Waals surface area contributed by atoms with Crippen molar-refractivity contribution >= 4 is 17.6 Å². The van der Waals surface area contributed by atoms with Crippen molar-refractivity contribution in [3.63, 3.8) is 0 Å². The summed E-state index contributed by atoms with van der Waals surface area (Å²) in [5.74, 6) is -1.14. The second-order valence-electron chi connectivity index (χ2n) is 8.81. The van der Waals surface area contributed by atoms with E-state index in [2.05, 4.69) is 13.0 Å². The lowest BCUT2D eigenvalue weighted by molar-refractivity contribution is -0.186. The number of methoxy groups -OCH3 is 4. The maximum atomic E-state index is 11.8. The second kappa shape index (κ2) is 10.4. The van der Waals surface area contributed by atoms with Crippen LogP contribution in [0.25, 0.3) is 5.69 Å². The summed E-state index contributed by atoms with van der Waals surface area (Å²) in [4.78, 5) is 11.8. The topological polar surface area (TPSA) is 92.0 Å². The molecule has 0 amide bonds. The van der Waals surface area contributed by atoms with E-state index in [9.17, 15) is 9.90 Å². The number of halogens is 1. The zero-order chi connectivity index (χ0) is 26.8. The number of carboxylic acids is 1. The van der Waals surface area contributed by atoms with Crippen molar-refractivity contribution in [2.24, 2.45) is 0 Å². The molecule has 1 aliphatic carbocycles. The van der Waals surface area contributed by atoms with Crippen LogP contribution in [0.2, 0.25) is 5.02 Å². The molecule has 1 aliphatic rings. The summed E-state index contributed by atoms with van der Waals surface area (Å²) in [6, 6.07) is 14.1. The Labute approximate surface area is 220 Å². The first-order chi connectivity index (χ1) is 17.7. The van der Waals surface area contributed by atoms with Crippen molar-refractivity contribution in [3.05, 3.63) is 100 Å². The van der Waals surface area contributed by atoms with Crippen LogP contribution in [-0.2, 0) is 25.4 Å². The lowest BCUT2D eigenvalue weighted by atomic mass is 9.79. The van der Waals surface area contributed by atoms with Gasteiger partial charge in [-0.25, -0.2) is 9.48 Å². The van der Waals surface area contributed by atoms with Gasteiger partial charge in [0.25, 0.3) is 0 Å². The Morgan fingerprint density at radius 2 is 1.76 bits per heavy atom. The first kappa shape index (κ1) is 26.5. The number of hydrogen-bond donors (Lipinski definition) is 1. The molecule has 0 fully saturated rings. The van der Waals surface area contributed by atoms with E-state index in [0.717, 1.165) is 22.9 Å². The van der Waals surface area contributed by atoms with Gasteiger partial charge >= 0.3 is 5.97 Å². The molecule has 1 heterocycles. The Morgan fingerprint density at radius 1 is 1.05 bits per heavy atom. The average Bonchev–Trinajstić information content (AvgIpc) is 3.38. The molecule has 1 unspecified atom stereocenters. The highest BCUT2D eigenvalue weighted by Gasteiger charge is 2.41. The number of carboxylic acid groups (broad SMARTS) is 1. The molecule has 1 aromatic heterocycles. The molecule has 0 bridgehead atoms. The third-order valence-electron chi connectivity index (χ3n) is 6.68. The third-order valence-corrected chi connectivity index (χ3v) is 7.01. The van der Waals surface area contributed by atoms with E-state index in [-0.39, 0.29) is 10.6 Å². The predicted molar refractivity (Wildman–Crippen MR) is 140 cm³/mol. The average molecular weight is 525 g/mol. The van der Waals surface area contributed by atoms with Gasteiger partial charge in [-0.15, -0.1) is 0 Å². The van der Waals surface area contributed by atoms with Crippen LogP contribution < -0.4 is 4.74 Å². The number of nitrogens with zero attached hydrogens (tertiary/aromatic N) is 2. The number of aromatic nitrogens is 2. The number of rotatable bonds is 9. The van der Waals surface area contributed by atoms with Crippen molar-refractivity contribution < 1.29 is 28.8 Å². The maximum absolute atomic E-state index is 11.8. The quantitative estimate of drug-likeness (QED) is 0.371. The zero-order valence-corrected chi connectivity index (χ0v) is 22.1. The van der Waals surface area contributed by atoms with Crippen molar-refractivity contribution in [2.45, 2.75) is 24.5 Å². The highest BCUT2D eigenvalue weighted by molar-refractivity contribution is 6.33. The summed E-state index contributed by atoms with van der Waals surface area (Å²) in [6.07, 6.45) is 6.72. The minimum Gasteiger partial charge on any atom is -0.497 e. The Bertz CT molecular complexity index is 1360. The highest BCUT2D eigenvalue weighted by Crippen LogP contribution is 2.41. The molecule has 1 N–H and O–H groups in total. The summed E-state index contributed by atoms with van der Waals surface area (Å²) < 4.78 is 24.4. The molecular weight excluding hydrogens is 496 g/mol. The van der Waals surface area contributed by atoms with E-state index < -0.39 is 17.2 Å². The molecule has 8 nitrogen and oxygen atoms in total. The van der Waals surface area contributed by atoms with Gasteiger partial charge in [-0.3, -0.25) is 0 Å². The van der Waals surface area contributed by atoms with Gasteiger partial charge in [0, 0.05) is 25.2 Å². The van der Waals surface area contributed by atoms with Crippen LogP contribution in [0.5, 0.6) is 5.75 Å². The standard InChI is InChI=1S/C28H29ClN2O6/c1-27(14-12-21(35-3)13-15-27)25-17-24(30-31(25)19-7-9-20(34-2)10-8-19)28(36-4,37-5)18-6-11-23(29)22(16-18)26(32)33/h6-14,16-17H,15H2,1-5H3,(H,32,33). The highest BCUT2D eigenvalue weighted by atomic mass is 35.5. The number of benzene rings is 2. The fourth-order valence-electron chi connectivity index (χ4n) is 4.50. The summed E-state index contributed by atoms with van der Waals surface area (Å²) >= 11 is 6.14. The van der Waals surface area contributed by atoms with Crippen molar-refractivity contribution in [1.29, 1.82) is 0 Å². The van der Waals surface area contributed by atoms with Gasteiger partial charge < -0.3 is 24.1 Å². The predicted octanol–water partition coefficient (Wildman–Crippen LogP) is 5.47. The molecule has 0 saturated heterocycles. The number of hydrogen-bond acceptors (Lipinski definition) is 6. The Hall–Kier alpha value is -3.59. The van der Waals surface area contributed by atoms with Gasteiger partial charge in [0.1, 0.15) is 17.2 Å². The van der Waals surface area contributed by atoms with Gasteiger partial charge in [0.15, 0.2) is 0 Å². The zero-order valence-electron chi connectivity index (χ0n) is 21.3. The molecule has 1 atom stereocenters. The minimum absolute atomic E-state index is 0.0631. The summed E-state index contributed by atoms with van der Waals surface area (Å²) in [7, 11) is 6.23. The fraction of sp³-hybridized carbons (Fsp3) is 0.286. The van der Waals surface area contributed by atoms with Crippen LogP contribution >= 0.6 is 11.6 Å². The Kier molecular flexibility index (Phi) is 7.45. The summed E-state index contributed by atoms with van der Waals surface area (Å²) in [5.41, 5.74) is 2.07. The third kappa shape index (κ3) is 4.75. The molecule has 0 spiro atoms. The van der Waals surface area contributed by atoms with E-state index in [1.54, 1.807) is 20.3 Å². The monoisotopic (exact) mass is 524 g/mol. The van der Waals surface area contributed by atoms with Gasteiger partial charge in [-0.1, -0.05) is 30.7 Å². The molecule has 0 saturated carbocycles. The lowest BCUT2D eigenvalue weighted by Crippen LogP contribution is -2.33. The van der Waals surface area contributed by atoms with Gasteiger partial charge in [-0.2, -0.15) is 5.10 Å². The molecule has 2 aromatic carbocycles. The number of aromatic carboxylic acids is 1. The van der Waals surface area contributed by atoms with Crippen molar-refractivity contribution in [3.8, 4) is 11.4 Å². The summed E-state index contributed by atoms with van der Waals surface area (Å²) in [5, 5.41) is 14.7. The first-order valence-corrected chi connectivity index (χ1v) is 11.9. The van der Waals surface area contributed by atoms with Crippen LogP contribution in [0, 0.1) is 0 Å². The van der Waals surface area contributed by atoms with Crippen molar-refractivity contribution in [2.75, 3.05) is 28.4 Å². The van der Waals surface area contributed by atoms with Crippen LogP contribution in [0.15, 0.2) is 72.5 Å². The van der Waals surface area contributed by atoms with Crippen LogP contribution in [0.3, 0.4) is 0 Å². The van der Waals surface area contributed by atoms with Gasteiger partial charge in [0.05, 0.1) is 36.2 Å². The Balaban J connectivity index is 1.93. The van der Waals surface area contributed by atoms with Gasteiger partial charge in [-0.05, 0) is 61.0 Å². The first-order valence-electron chi connectivity index (χ1n) is 11.5. The molecule has 37 heavy (non-hydrogen) atoms.